The Hall–Kier alpha value is -0.500. The molecule has 1 saturated heterocycles. The Kier molecular flexibility index (Phi) is 9.58. The highest BCUT2D eigenvalue weighted by molar-refractivity contribution is 7.99. The van der Waals surface area contributed by atoms with Gasteiger partial charge in [0.2, 0.25) is 5.91 Å². The van der Waals surface area contributed by atoms with Crippen molar-refractivity contribution in [2.75, 3.05) is 36.5 Å². The van der Waals surface area contributed by atoms with Crippen molar-refractivity contribution in [2.24, 2.45) is 11.1 Å². The topological polar surface area (TPSA) is 67.6 Å². The fraction of sp³-hybridized carbons (Fsp3) is 0.650. The summed E-state index contributed by atoms with van der Waals surface area (Å²) in [4.78, 5) is 15.3. The van der Waals surface area contributed by atoms with Gasteiger partial charge in [0.05, 0.1) is 6.10 Å². The maximum absolute atomic E-state index is 12.9. The van der Waals surface area contributed by atoms with Crippen LogP contribution in [0.2, 0.25) is 0 Å². The van der Waals surface area contributed by atoms with E-state index in [1.165, 1.54) is 17.1 Å². The maximum atomic E-state index is 12.9. The minimum atomic E-state index is -0.896. The molecular weight excluding hydrogens is 417 g/mol. The number of nitrogens with one attached hydrogen (secondary N) is 1. The molecule has 1 saturated carbocycles. The van der Waals surface area contributed by atoms with Gasteiger partial charge in [-0.25, -0.2) is 0 Å². The van der Waals surface area contributed by atoms with E-state index < -0.39 is 5.54 Å². The van der Waals surface area contributed by atoms with Gasteiger partial charge in [-0.2, -0.15) is 11.8 Å². The number of ether oxygens (including phenoxy) is 1. The minimum absolute atomic E-state index is 0. The highest BCUT2D eigenvalue weighted by Crippen LogP contribution is 2.50. The van der Waals surface area contributed by atoms with E-state index >= 15 is 0 Å². The van der Waals surface area contributed by atoms with Crippen molar-refractivity contribution in [1.29, 1.82) is 0 Å². The molecule has 1 aliphatic heterocycles. The fourth-order valence-corrected chi connectivity index (χ4v) is 4.81. The van der Waals surface area contributed by atoms with Gasteiger partial charge in [-0.3, -0.25) is 9.69 Å². The van der Waals surface area contributed by atoms with E-state index in [-0.39, 0.29) is 42.2 Å². The number of thioether (sulfide) groups is 1. The van der Waals surface area contributed by atoms with Crippen molar-refractivity contribution in [3.63, 3.8) is 0 Å². The van der Waals surface area contributed by atoms with Crippen molar-refractivity contribution in [3.8, 4) is 0 Å². The van der Waals surface area contributed by atoms with Crippen LogP contribution in [-0.2, 0) is 16.1 Å². The molecule has 2 fully saturated rings. The number of benzene rings is 1. The van der Waals surface area contributed by atoms with Crippen LogP contribution < -0.4 is 11.1 Å². The lowest BCUT2D eigenvalue weighted by Gasteiger charge is -2.57. The van der Waals surface area contributed by atoms with E-state index in [0.717, 1.165) is 25.3 Å². The lowest BCUT2D eigenvalue weighted by atomic mass is 9.54. The number of hydrogen-bond acceptors (Lipinski definition) is 5. The summed E-state index contributed by atoms with van der Waals surface area (Å²) in [6.45, 7) is 9.82. The first-order valence-corrected chi connectivity index (χ1v) is 10.6. The predicted octanol–water partition coefficient (Wildman–Crippen LogP) is 3.55. The lowest BCUT2D eigenvalue weighted by Crippen LogP contribution is -2.74. The van der Waals surface area contributed by atoms with Crippen LogP contribution in [0.15, 0.2) is 24.3 Å². The second kappa shape index (κ2) is 10.5. The van der Waals surface area contributed by atoms with Gasteiger partial charge in [-0.05, 0) is 24.6 Å². The van der Waals surface area contributed by atoms with E-state index in [4.69, 9.17) is 10.5 Å². The molecule has 5 nitrogen and oxygen atoms in total. The van der Waals surface area contributed by atoms with Gasteiger partial charge in [0.1, 0.15) is 5.54 Å². The van der Waals surface area contributed by atoms with E-state index in [0.29, 0.717) is 13.0 Å². The van der Waals surface area contributed by atoms with Crippen molar-refractivity contribution >= 4 is 48.2 Å². The van der Waals surface area contributed by atoms with Gasteiger partial charge in [-0.15, -0.1) is 24.8 Å². The first-order valence-electron chi connectivity index (χ1n) is 9.48. The SMILES string of the molecule is CCOC1CC(N)(C(=O)Nc2cccc(CN3CCSCC3)c2)C1(C)C.Cl.Cl. The number of anilines is 1. The molecule has 1 heterocycles. The summed E-state index contributed by atoms with van der Waals surface area (Å²) in [6.07, 6.45) is 0.594. The monoisotopic (exact) mass is 449 g/mol. The summed E-state index contributed by atoms with van der Waals surface area (Å²) < 4.78 is 5.73. The second-order valence-corrected chi connectivity index (χ2v) is 9.11. The first kappa shape index (κ1) is 25.5. The van der Waals surface area contributed by atoms with E-state index in [1.807, 2.05) is 44.7 Å². The van der Waals surface area contributed by atoms with Crippen LogP contribution in [0.5, 0.6) is 0 Å². The van der Waals surface area contributed by atoms with Crippen LogP contribution in [-0.4, -0.2) is 53.7 Å². The third kappa shape index (κ3) is 5.15. The highest BCUT2D eigenvalue weighted by Gasteiger charge is 2.62. The third-order valence-electron chi connectivity index (χ3n) is 5.93. The number of nitrogens with two attached hydrogens (primary N) is 1. The lowest BCUT2D eigenvalue weighted by molar-refractivity contribution is -0.166. The summed E-state index contributed by atoms with van der Waals surface area (Å²) in [5.74, 6) is 2.27. The third-order valence-corrected chi connectivity index (χ3v) is 6.87. The number of carbonyl (C=O) groups excluding carboxylic acids is 1. The standard InChI is InChI=1S/C20H31N3O2S.2ClH/c1-4-25-17-13-20(21,19(17,2)3)18(24)22-16-7-5-6-15(12-16)14-23-8-10-26-11-9-23;;/h5-7,12,17H,4,8-11,13-14,21H2,1-3H3,(H,22,24);2*1H. The van der Waals surface area contributed by atoms with Crippen LogP contribution in [0.1, 0.15) is 32.8 Å². The Bertz CT molecular complexity index is 656. The van der Waals surface area contributed by atoms with Crippen LogP contribution in [0.25, 0.3) is 0 Å². The molecule has 2 unspecified atom stereocenters. The Morgan fingerprint density at radius 1 is 1.32 bits per heavy atom. The molecule has 2 atom stereocenters. The fourth-order valence-electron chi connectivity index (χ4n) is 3.83. The van der Waals surface area contributed by atoms with Crippen LogP contribution in [0, 0.1) is 5.41 Å². The van der Waals surface area contributed by atoms with Crippen molar-refractivity contribution in [3.05, 3.63) is 29.8 Å². The predicted molar refractivity (Wildman–Crippen MR) is 123 cm³/mol. The molecule has 1 amide bonds. The number of nitrogens with zero attached hydrogens (tertiary/aromatic N) is 1. The summed E-state index contributed by atoms with van der Waals surface area (Å²) in [6, 6.07) is 8.12. The number of rotatable bonds is 6. The van der Waals surface area contributed by atoms with Crippen molar-refractivity contribution in [1.82, 2.24) is 4.90 Å². The molecule has 0 spiro atoms. The summed E-state index contributed by atoms with van der Waals surface area (Å²) in [5.41, 5.74) is 7.24. The van der Waals surface area contributed by atoms with Gasteiger partial charge < -0.3 is 15.8 Å². The summed E-state index contributed by atoms with van der Waals surface area (Å²) in [7, 11) is 0. The van der Waals surface area contributed by atoms with Gasteiger partial charge in [0, 0.05) is 55.3 Å². The average molecular weight is 450 g/mol. The summed E-state index contributed by atoms with van der Waals surface area (Å²) in [5, 5.41) is 3.04. The Morgan fingerprint density at radius 2 is 2.00 bits per heavy atom. The van der Waals surface area contributed by atoms with Crippen LogP contribution in [0.3, 0.4) is 0 Å². The molecule has 0 radical (unpaired) electrons. The number of amides is 1. The molecule has 28 heavy (non-hydrogen) atoms. The first-order chi connectivity index (χ1) is 12.4. The molecule has 0 aromatic heterocycles. The smallest absolute Gasteiger partial charge is 0.245 e. The Labute approximate surface area is 185 Å². The zero-order valence-corrected chi connectivity index (χ0v) is 19.4. The quantitative estimate of drug-likeness (QED) is 0.694. The van der Waals surface area contributed by atoms with Crippen LogP contribution >= 0.6 is 36.6 Å². The largest absolute Gasteiger partial charge is 0.378 e. The molecule has 1 aliphatic carbocycles. The molecule has 2 aliphatic rings. The van der Waals surface area contributed by atoms with E-state index in [2.05, 4.69) is 22.3 Å². The van der Waals surface area contributed by atoms with Gasteiger partial charge in [0.15, 0.2) is 0 Å². The molecule has 0 bridgehead atoms. The highest BCUT2D eigenvalue weighted by atomic mass is 35.5. The van der Waals surface area contributed by atoms with Crippen molar-refractivity contribution in [2.45, 2.75) is 45.4 Å². The normalized spacial score (nSPS) is 26.4. The van der Waals surface area contributed by atoms with E-state index in [9.17, 15) is 4.79 Å². The molecule has 160 valence electrons. The minimum Gasteiger partial charge on any atom is -0.378 e. The maximum Gasteiger partial charge on any atom is 0.245 e. The average Bonchev–Trinajstić information content (AvgIpc) is 2.62. The van der Waals surface area contributed by atoms with Crippen molar-refractivity contribution < 1.29 is 9.53 Å². The van der Waals surface area contributed by atoms with Gasteiger partial charge >= 0.3 is 0 Å². The number of hydrogen-bond donors (Lipinski definition) is 2. The summed E-state index contributed by atoms with van der Waals surface area (Å²) >= 11 is 2.01. The molecular formula is C20H33Cl2N3O2S. The molecule has 1 aromatic carbocycles. The zero-order chi connectivity index (χ0) is 18.8. The molecule has 8 heteroatoms. The molecule has 3 N–H and O–H groups in total. The van der Waals surface area contributed by atoms with Crippen LogP contribution in [0.4, 0.5) is 5.69 Å². The second-order valence-electron chi connectivity index (χ2n) is 7.88. The molecule has 1 aromatic rings. The van der Waals surface area contributed by atoms with E-state index in [1.54, 1.807) is 0 Å². The Balaban J connectivity index is 0.00000196. The molecule has 3 rings (SSSR count). The number of halogens is 2. The number of carbonyl (C=O) groups is 1. The van der Waals surface area contributed by atoms with Gasteiger partial charge in [-0.1, -0.05) is 26.0 Å². The Morgan fingerprint density at radius 3 is 2.61 bits per heavy atom. The zero-order valence-electron chi connectivity index (χ0n) is 16.9. The van der Waals surface area contributed by atoms with Gasteiger partial charge in [0.25, 0.3) is 0 Å².